The molecule has 34 heavy (non-hydrogen) atoms. The number of hydrogen-bond acceptors (Lipinski definition) is 3. The monoisotopic (exact) mass is 491 g/mol. The number of alkyl halides is 3. The molecule has 0 unspecified atom stereocenters. The highest BCUT2D eigenvalue weighted by molar-refractivity contribution is 7.89. The van der Waals surface area contributed by atoms with Gasteiger partial charge in [0, 0.05) is 18.8 Å². The summed E-state index contributed by atoms with van der Waals surface area (Å²) in [5, 5.41) is 7.93. The van der Waals surface area contributed by atoms with Crippen molar-refractivity contribution in [2.45, 2.75) is 31.0 Å². The van der Waals surface area contributed by atoms with Crippen LogP contribution in [0.1, 0.15) is 22.3 Å². The van der Waals surface area contributed by atoms with Crippen molar-refractivity contribution in [3.8, 4) is 0 Å². The summed E-state index contributed by atoms with van der Waals surface area (Å²) in [6.07, 6.45) is -4.04. The van der Waals surface area contributed by atoms with Crippen LogP contribution >= 0.6 is 0 Å². The van der Waals surface area contributed by atoms with Gasteiger partial charge in [-0.1, -0.05) is 36.4 Å². The molecule has 0 aliphatic rings. The lowest BCUT2D eigenvalue weighted by Gasteiger charge is -2.24. The Labute approximate surface area is 196 Å². The molecule has 3 rings (SSSR count). The van der Waals surface area contributed by atoms with Crippen LogP contribution in [0, 0.1) is 6.92 Å². The summed E-state index contributed by atoms with van der Waals surface area (Å²) in [4.78, 5) is 14.5. The molecule has 2 amide bonds. The summed E-state index contributed by atoms with van der Waals surface area (Å²) in [5.74, 6) is 0. The van der Waals surface area contributed by atoms with Gasteiger partial charge in [0.25, 0.3) is 0 Å². The van der Waals surface area contributed by atoms with Gasteiger partial charge >= 0.3 is 12.2 Å². The minimum absolute atomic E-state index is 0.0185. The smallest absolute Gasteiger partial charge is 0.320 e. The number of primary sulfonamides is 1. The van der Waals surface area contributed by atoms with Crippen molar-refractivity contribution < 1.29 is 26.4 Å². The van der Waals surface area contributed by atoms with Crippen molar-refractivity contribution in [3.63, 3.8) is 0 Å². The zero-order chi connectivity index (χ0) is 24.9. The van der Waals surface area contributed by atoms with E-state index in [9.17, 15) is 26.4 Å². The van der Waals surface area contributed by atoms with E-state index in [1.54, 1.807) is 30.3 Å². The topological polar surface area (TPSA) is 92.5 Å². The number of nitrogens with two attached hydrogens (primary N) is 1. The summed E-state index contributed by atoms with van der Waals surface area (Å²) < 4.78 is 61.5. The number of anilines is 1. The van der Waals surface area contributed by atoms with Gasteiger partial charge in [-0.3, -0.25) is 0 Å². The standard InChI is InChI=1S/C24H24F3N3O3S/c1-17-3-2-4-21(15-17)29-23(31)30(16-19-5-9-20(10-6-19)24(25,26)27)14-13-18-7-11-22(12-8-18)34(28,32)33/h2-12,15H,13-14,16H2,1H3,(H,29,31)(H2,28,32,33). The third kappa shape index (κ3) is 7.06. The second kappa shape index (κ2) is 10.3. The molecule has 0 aliphatic carbocycles. The zero-order valence-corrected chi connectivity index (χ0v) is 19.2. The second-order valence-electron chi connectivity index (χ2n) is 7.85. The summed E-state index contributed by atoms with van der Waals surface area (Å²) in [7, 11) is -3.81. The molecule has 10 heteroatoms. The Kier molecular flexibility index (Phi) is 7.63. The van der Waals surface area contributed by atoms with Crippen LogP contribution < -0.4 is 10.5 Å². The lowest BCUT2D eigenvalue weighted by Crippen LogP contribution is -2.36. The molecule has 3 N–H and O–H groups in total. The van der Waals surface area contributed by atoms with E-state index < -0.39 is 27.8 Å². The average Bonchev–Trinajstić information content (AvgIpc) is 2.76. The van der Waals surface area contributed by atoms with Gasteiger partial charge in [0.15, 0.2) is 0 Å². The van der Waals surface area contributed by atoms with Crippen LogP contribution in [0.3, 0.4) is 0 Å². The molecule has 0 heterocycles. The van der Waals surface area contributed by atoms with E-state index in [0.29, 0.717) is 17.7 Å². The average molecular weight is 492 g/mol. The summed E-state index contributed by atoms with van der Waals surface area (Å²) in [6.45, 7) is 2.22. The fraction of sp³-hybridized carbons (Fsp3) is 0.208. The molecule has 0 spiro atoms. The summed E-state index contributed by atoms with van der Waals surface area (Å²) in [6, 6.07) is 17.5. The van der Waals surface area contributed by atoms with Crippen molar-refractivity contribution in [2.75, 3.05) is 11.9 Å². The van der Waals surface area contributed by atoms with E-state index in [1.807, 2.05) is 13.0 Å². The van der Waals surface area contributed by atoms with Gasteiger partial charge in [0.1, 0.15) is 0 Å². The lowest BCUT2D eigenvalue weighted by molar-refractivity contribution is -0.137. The van der Waals surface area contributed by atoms with Gasteiger partial charge in [-0.15, -0.1) is 0 Å². The maximum atomic E-state index is 13.0. The Morgan fingerprint density at radius 3 is 2.15 bits per heavy atom. The van der Waals surface area contributed by atoms with Crippen molar-refractivity contribution >= 4 is 21.7 Å². The number of aryl methyl sites for hydroxylation is 1. The van der Waals surface area contributed by atoms with E-state index in [1.165, 1.54) is 29.2 Å². The first-order chi connectivity index (χ1) is 15.9. The van der Waals surface area contributed by atoms with Gasteiger partial charge in [0.2, 0.25) is 10.0 Å². The van der Waals surface area contributed by atoms with Crippen LogP contribution in [0.4, 0.5) is 23.7 Å². The molecule has 0 aromatic heterocycles. The number of urea groups is 1. The minimum atomic E-state index is -4.44. The molecular weight excluding hydrogens is 467 g/mol. The van der Waals surface area contributed by atoms with E-state index in [4.69, 9.17) is 5.14 Å². The Morgan fingerprint density at radius 2 is 1.59 bits per heavy atom. The first-order valence-electron chi connectivity index (χ1n) is 10.3. The number of carbonyl (C=O) groups excluding carboxylic acids is 1. The van der Waals surface area contributed by atoms with Gasteiger partial charge in [-0.25, -0.2) is 18.4 Å². The number of amides is 2. The van der Waals surface area contributed by atoms with Crippen molar-refractivity contribution in [3.05, 3.63) is 95.1 Å². The van der Waals surface area contributed by atoms with E-state index in [2.05, 4.69) is 5.32 Å². The molecule has 3 aromatic carbocycles. The van der Waals surface area contributed by atoms with E-state index in [0.717, 1.165) is 23.3 Å². The molecule has 0 atom stereocenters. The molecule has 0 bridgehead atoms. The number of sulfonamides is 1. The Balaban J connectivity index is 1.77. The van der Waals surface area contributed by atoms with Gasteiger partial charge in [0.05, 0.1) is 10.5 Å². The number of nitrogens with zero attached hydrogens (tertiary/aromatic N) is 1. The molecule has 0 aliphatic heterocycles. The fourth-order valence-electron chi connectivity index (χ4n) is 3.31. The maximum absolute atomic E-state index is 13.0. The lowest BCUT2D eigenvalue weighted by atomic mass is 10.1. The number of carbonyl (C=O) groups is 1. The molecule has 180 valence electrons. The van der Waals surface area contributed by atoms with Crippen LogP contribution in [-0.2, 0) is 29.2 Å². The number of rotatable bonds is 7. The Bertz CT molecular complexity index is 1240. The number of hydrogen-bond donors (Lipinski definition) is 2. The quantitative estimate of drug-likeness (QED) is 0.491. The minimum Gasteiger partial charge on any atom is -0.320 e. The summed E-state index contributed by atoms with van der Waals surface area (Å²) >= 11 is 0. The number of benzene rings is 3. The van der Waals surface area contributed by atoms with Crippen molar-refractivity contribution in [1.82, 2.24) is 4.90 Å². The van der Waals surface area contributed by atoms with Crippen LogP contribution in [0.15, 0.2) is 77.7 Å². The molecule has 0 saturated carbocycles. The molecular formula is C24H24F3N3O3S. The third-order valence-electron chi connectivity index (χ3n) is 5.13. The van der Waals surface area contributed by atoms with Gasteiger partial charge < -0.3 is 10.2 Å². The van der Waals surface area contributed by atoms with Crippen molar-refractivity contribution in [2.24, 2.45) is 5.14 Å². The Morgan fingerprint density at radius 1 is 0.971 bits per heavy atom. The Hall–Kier alpha value is -3.37. The highest BCUT2D eigenvalue weighted by Gasteiger charge is 2.30. The van der Waals surface area contributed by atoms with E-state index in [-0.39, 0.29) is 18.0 Å². The largest absolute Gasteiger partial charge is 0.416 e. The first kappa shape index (κ1) is 25.3. The van der Waals surface area contributed by atoms with Gasteiger partial charge in [-0.2, -0.15) is 13.2 Å². The molecule has 3 aromatic rings. The predicted octanol–water partition coefficient (Wildman–Crippen LogP) is 4.94. The highest BCUT2D eigenvalue weighted by atomic mass is 32.2. The van der Waals surface area contributed by atoms with Crippen LogP contribution in [0.2, 0.25) is 0 Å². The maximum Gasteiger partial charge on any atom is 0.416 e. The fourth-order valence-corrected chi connectivity index (χ4v) is 3.82. The van der Waals surface area contributed by atoms with Gasteiger partial charge in [-0.05, 0) is 66.4 Å². The van der Waals surface area contributed by atoms with Crippen molar-refractivity contribution in [1.29, 1.82) is 0 Å². The second-order valence-corrected chi connectivity index (χ2v) is 9.42. The predicted molar refractivity (Wildman–Crippen MR) is 124 cm³/mol. The normalized spacial score (nSPS) is 11.8. The number of halogens is 3. The molecule has 0 fully saturated rings. The number of nitrogens with one attached hydrogen (secondary N) is 1. The molecule has 6 nitrogen and oxygen atoms in total. The molecule has 0 radical (unpaired) electrons. The van der Waals surface area contributed by atoms with Crippen LogP contribution in [-0.4, -0.2) is 25.9 Å². The van der Waals surface area contributed by atoms with Crippen LogP contribution in [0.5, 0.6) is 0 Å². The zero-order valence-electron chi connectivity index (χ0n) is 18.3. The summed E-state index contributed by atoms with van der Waals surface area (Å²) in [5.41, 5.74) is 2.11. The van der Waals surface area contributed by atoms with Crippen LogP contribution in [0.25, 0.3) is 0 Å². The SMILES string of the molecule is Cc1cccc(NC(=O)N(CCc2ccc(S(N)(=O)=O)cc2)Cc2ccc(C(F)(F)F)cc2)c1. The van der Waals surface area contributed by atoms with E-state index >= 15 is 0 Å². The highest BCUT2D eigenvalue weighted by Crippen LogP contribution is 2.29. The molecule has 0 saturated heterocycles. The first-order valence-corrected chi connectivity index (χ1v) is 11.9. The third-order valence-corrected chi connectivity index (χ3v) is 6.06.